The molecule has 7 nitrogen and oxygen atoms in total. The molecular formula is C37H38BrCl2N3O4S. The number of aryl methyl sites for hydroxylation is 1. The predicted molar refractivity (Wildman–Crippen MR) is 196 cm³/mol. The number of amides is 2. The average molecular weight is 772 g/mol. The maximum absolute atomic E-state index is 14.7. The quantitative estimate of drug-likeness (QED) is 0.157. The third-order valence-electron chi connectivity index (χ3n) is 8.49. The summed E-state index contributed by atoms with van der Waals surface area (Å²) in [5.74, 6) is -0.825. The van der Waals surface area contributed by atoms with Crippen molar-refractivity contribution in [2.24, 2.45) is 0 Å². The molecule has 1 N–H and O–H groups in total. The minimum atomic E-state index is -4.28. The standard InChI is InChI=1S/C37H38BrCl2N3O4S/c1-26-15-17-34(18-16-26)48(46,47)43(33-22-30(39)21-31(40)23-33)25-36(44)42(24-28-11-8-12-29(38)19-28)35(20-27-9-4-2-5-10-27)37(45)41-32-13-6-3-7-14-32/h2,4-5,8-12,15-19,21-23,32,35H,3,6-7,13-14,20,24-25H2,1H3,(H,41,45). The minimum absolute atomic E-state index is 0.00594. The highest BCUT2D eigenvalue weighted by Crippen LogP contribution is 2.31. The lowest BCUT2D eigenvalue weighted by molar-refractivity contribution is -0.140. The van der Waals surface area contributed by atoms with Crippen LogP contribution in [0.4, 0.5) is 5.69 Å². The lowest BCUT2D eigenvalue weighted by Crippen LogP contribution is -2.55. The van der Waals surface area contributed by atoms with E-state index in [1.165, 1.54) is 35.2 Å². The summed E-state index contributed by atoms with van der Waals surface area (Å²) in [5, 5.41) is 3.66. The van der Waals surface area contributed by atoms with Gasteiger partial charge in [-0.25, -0.2) is 8.42 Å². The first-order chi connectivity index (χ1) is 23.0. The van der Waals surface area contributed by atoms with Gasteiger partial charge in [-0.1, -0.05) is 119 Å². The Kier molecular flexibility index (Phi) is 12.2. The summed E-state index contributed by atoms with van der Waals surface area (Å²) < 4.78 is 30.4. The number of carbonyl (C=O) groups is 2. The van der Waals surface area contributed by atoms with Gasteiger partial charge in [-0.05, 0) is 73.4 Å². The molecule has 0 saturated heterocycles. The second kappa shape index (κ2) is 16.4. The van der Waals surface area contributed by atoms with Crippen molar-refractivity contribution in [3.05, 3.63) is 128 Å². The maximum atomic E-state index is 14.7. The molecule has 1 unspecified atom stereocenters. The number of hydrogen-bond acceptors (Lipinski definition) is 4. The first-order valence-corrected chi connectivity index (χ1v) is 18.9. The molecule has 0 bridgehead atoms. The zero-order chi connectivity index (χ0) is 34.3. The van der Waals surface area contributed by atoms with Gasteiger partial charge in [0.1, 0.15) is 12.6 Å². The molecule has 252 valence electrons. The summed E-state index contributed by atoms with van der Waals surface area (Å²) in [6.07, 6.45) is 5.19. The van der Waals surface area contributed by atoms with Gasteiger partial charge in [-0.15, -0.1) is 0 Å². The van der Waals surface area contributed by atoms with E-state index in [1.54, 1.807) is 12.1 Å². The molecular weight excluding hydrogens is 733 g/mol. The summed E-state index contributed by atoms with van der Waals surface area (Å²) in [6.45, 7) is 1.34. The van der Waals surface area contributed by atoms with E-state index in [0.717, 1.165) is 57.6 Å². The summed E-state index contributed by atoms with van der Waals surface area (Å²) in [5.41, 5.74) is 2.67. The third-order valence-corrected chi connectivity index (χ3v) is 11.2. The van der Waals surface area contributed by atoms with Crippen molar-refractivity contribution in [3.8, 4) is 0 Å². The van der Waals surface area contributed by atoms with Crippen LogP contribution in [-0.4, -0.2) is 43.8 Å². The van der Waals surface area contributed by atoms with Crippen molar-refractivity contribution < 1.29 is 18.0 Å². The van der Waals surface area contributed by atoms with Gasteiger partial charge < -0.3 is 10.2 Å². The molecule has 4 aromatic carbocycles. The molecule has 1 aliphatic carbocycles. The first kappa shape index (κ1) is 35.9. The smallest absolute Gasteiger partial charge is 0.264 e. The van der Waals surface area contributed by atoms with E-state index in [0.29, 0.717) is 0 Å². The average Bonchev–Trinajstić information content (AvgIpc) is 3.05. The van der Waals surface area contributed by atoms with E-state index in [2.05, 4.69) is 21.2 Å². The van der Waals surface area contributed by atoms with Gasteiger partial charge in [0.25, 0.3) is 10.0 Å². The predicted octanol–water partition coefficient (Wildman–Crippen LogP) is 8.35. The van der Waals surface area contributed by atoms with Gasteiger partial charge >= 0.3 is 0 Å². The van der Waals surface area contributed by atoms with E-state index >= 15 is 0 Å². The number of rotatable bonds is 12. The van der Waals surface area contributed by atoms with Crippen LogP contribution in [0.5, 0.6) is 0 Å². The molecule has 0 spiro atoms. The molecule has 1 atom stereocenters. The third kappa shape index (κ3) is 9.41. The van der Waals surface area contributed by atoms with Crippen LogP contribution in [0.3, 0.4) is 0 Å². The zero-order valence-corrected chi connectivity index (χ0v) is 30.5. The summed E-state index contributed by atoms with van der Waals surface area (Å²) >= 11 is 16.2. The second-order valence-electron chi connectivity index (χ2n) is 12.2. The molecule has 0 aromatic heterocycles. The van der Waals surface area contributed by atoms with Crippen LogP contribution in [-0.2, 0) is 32.6 Å². The van der Waals surface area contributed by atoms with Gasteiger partial charge in [0.05, 0.1) is 10.6 Å². The molecule has 1 aliphatic rings. The largest absolute Gasteiger partial charge is 0.352 e. The highest BCUT2D eigenvalue weighted by Gasteiger charge is 2.35. The van der Waals surface area contributed by atoms with Crippen molar-refractivity contribution in [2.75, 3.05) is 10.8 Å². The monoisotopic (exact) mass is 769 g/mol. The van der Waals surface area contributed by atoms with E-state index in [4.69, 9.17) is 23.2 Å². The van der Waals surface area contributed by atoms with Gasteiger partial charge in [-0.3, -0.25) is 13.9 Å². The van der Waals surface area contributed by atoms with Crippen LogP contribution in [0.25, 0.3) is 0 Å². The number of carbonyl (C=O) groups excluding carboxylic acids is 2. The van der Waals surface area contributed by atoms with Crippen LogP contribution in [0, 0.1) is 6.92 Å². The topological polar surface area (TPSA) is 86.8 Å². The van der Waals surface area contributed by atoms with Crippen LogP contribution in [0.1, 0.15) is 48.8 Å². The van der Waals surface area contributed by atoms with Crippen LogP contribution >= 0.6 is 39.1 Å². The Labute approximate surface area is 301 Å². The second-order valence-corrected chi connectivity index (χ2v) is 15.8. The summed E-state index contributed by atoms with van der Waals surface area (Å²) in [7, 11) is -4.28. The van der Waals surface area contributed by atoms with Gasteiger partial charge in [0, 0.05) is 33.5 Å². The molecule has 11 heteroatoms. The number of nitrogens with zero attached hydrogens (tertiary/aromatic N) is 2. The number of nitrogens with one attached hydrogen (secondary N) is 1. The van der Waals surface area contributed by atoms with Crippen LogP contribution in [0.15, 0.2) is 106 Å². The van der Waals surface area contributed by atoms with Gasteiger partial charge in [0.2, 0.25) is 11.8 Å². The molecule has 5 rings (SSSR count). The zero-order valence-electron chi connectivity index (χ0n) is 26.6. The van der Waals surface area contributed by atoms with E-state index in [-0.39, 0.29) is 45.5 Å². The van der Waals surface area contributed by atoms with Crippen molar-refractivity contribution in [3.63, 3.8) is 0 Å². The van der Waals surface area contributed by atoms with E-state index < -0.39 is 28.5 Å². The maximum Gasteiger partial charge on any atom is 0.264 e. The highest BCUT2D eigenvalue weighted by atomic mass is 79.9. The Bertz CT molecular complexity index is 1820. The van der Waals surface area contributed by atoms with Gasteiger partial charge in [-0.2, -0.15) is 0 Å². The van der Waals surface area contributed by atoms with Gasteiger partial charge in [0.15, 0.2) is 0 Å². The molecule has 2 amide bonds. The fraction of sp³-hybridized carbons (Fsp3) is 0.297. The molecule has 1 saturated carbocycles. The highest BCUT2D eigenvalue weighted by molar-refractivity contribution is 9.10. The Morgan fingerprint density at radius 3 is 2.15 bits per heavy atom. The number of anilines is 1. The van der Waals surface area contributed by atoms with Crippen molar-refractivity contribution in [2.45, 2.75) is 69.0 Å². The van der Waals surface area contributed by atoms with Crippen molar-refractivity contribution in [1.29, 1.82) is 0 Å². The Hall–Kier alpha value is -3.37. The first-order valence-electron chi connectivity index (χ1n) is 15.9. The molecule has 0 heterocycles. The Morgan fingerprint density at radius 2 is 1.50 bits per heavy atom. The van der Waals surface area contributed by atoms with E-state index in [1.807, 2.05) is 61.5 Å². The number of benzene rings is 4. The molecule has 0 radical (unpaired) electrons. The normalized spacial score (nSPS) is 14.2. The van der Waals surface area contributed by atoms with Crippen LogP contribution in [0.2, 0.25) is 10.0 Å². The molecule has 4 aromatic rings. The fourth-order valence-corrected chi connectivity index (χ4v) is 8.34. The summed E-state index contributed by atoms with van der Waals surface area (Å²) in [6, 6.07) is 26.9. The lowest BCUT2D eigenvalue weighted by Gasteiger charge is -2.35. The van der Waals surface area contributed by atoms with Crippen LogP contribution < -0.4 is 9.62 Å². The Balaban J connectivity index is 1.58. The number of halogens is 3. The van der Waals surface area contributed by atoms with E-state index in [9.17, 15) is 18.0 Å². The minimum Gasteiger partial charge on any atom is -0.352 e. The lowest BCUT2D eigenvalue weighted by atomic mass is 9.94. The number of sulfonamides is 1. The number of hydrogen-bond donors (Lipinski definition) is 1. The molecule has 0 aliphatic heterocycles. The van der Waals surface area contributed by atoms with Crippen molar-refractivity contribution in [1.82, 2.24) is 10.2 Å². The van der Waals surface area contributed by atoms with Crippen molar-refractivity contribution >= 4 is 66.7 Å². The summed E-state index contributed by atoms with van der Waals surface area (Å²) in [4.78, 5) is 30.4. The molecule has 1 fully saturated rings. The fourth-order valence-electron chi connectivity index (χ4n) is 5.98. The Morgan fingerprint density at radius 1 is 0.854 bits per heavy atom. The molecule has 48 heavy (non-hydrogen) atoms. The SMILES string of the molecule is Cc1ccc(S(=O)(=O)N(CC(=O)N(Cc2cccc(Br)c2)C(Cc2ccccc2)C(=O)NC2CCCCC2)c2cc(Cl)cc(Cl)c2)cc1.